The van der Waals surface area contributed by atoms with Crippen LogP contribution in [0.5, 0.6) is 5.75 Å². The number of carbonyl (C=O) groups excluding carboxylic acids is 1. The van der Waals surface area contributed by atoms with Gasteiger partial charge in [-0.2, -0.15) is 0 Å². The molecule has 0 atom stereocenters. The van der Waals surface area contributed by atoms with Gasteiger partial charge in [-0.25, -0.2) is 4.39 Å². The Labute approximate surface area is 81.7 Å². The first-order valence-corrected chi connectivity index (χ1v) is 4.05. The van der Waals surface area contributed by atoms with E-state index < -0.39 is 5.82 Å². The first kappa shape index (κ1) is 10.3. The van der Waals surface area contributed by atoms with Crippen LogP contribution < -0.4 is 4.74 Å². The number of aldehydes is 1. The summed E-state index contributed by atoms with van der Waals surface area (Å²) in [5.41, 5.74) is 0.0268. The molecule has 0 heterocycles. The minimum absolute atomic E-state index is 0.0268. The molecule has 14 heavy (non-hydrogen) atoms. The Bertz CT molecular complexity index is 388. The highest BCUT2D eigenvalue weighted by molar-refractivity contribution is 5.75. The van der Waals surface area contributed by atoms with Gasteiger partial charge in [0.1, 0.15) is 18.2 Å². The zero-order valence-electron chi connectivity index (χ0n) is 7.71. The molecule has 0 aliphatic carbocycles. The molecule has 0 aromatic heterocycles. The quantitative estimate of drug-likeness (QED) is 0.541. The van der Waals surface area contributed by atoms with Gasteiger partial charge in [-0.1, -0.05) is 5.92 Å². The van der Waals surface area contributed by atoms with Crippen molar-refractivity contribution in [1.29, 1.82) is 0 Å². The van der Waals surface area contributed by atoms with Crippen molar-refractivity contribution in [2.75, 3.05) is 6.61 Å². The Morgan fingerprint density at radius 3 is 2.93 bits per heavy atom. The standard InChI is InChI=1S/C11H9FO2/c1-2-3-6-14-10-5-4-9(8-13)11(12)7-10/h4-5,7-8H,6H2,1H3. The van der Waals surface area contributed by atoms with Crippen LogP contribution in [0.2, 0.25) is 0 Å². The molecule has 72 valence electrons. The molecule has 0 radical (unpaired) electrons. The van der Waals surface area contributed by atoms with E-state index in [4.69, 9.17) is 4.74 Å². The van der Waals surface area contributed by atoms with Crippen LogP contribution in [0.25, 0.3) is 0 Å². The maximum absolute atomic E-state index is 13.0. The molecule has 1 aromatic carbocycles. The summed E-state index contributed by atoms with van der Waals surface area (Å²) in [6.45, 7) is 1.91. The molecule has 2 nitrogen and oxygen atoms in total. The van der Waals surface area contributed by atoms with Crippen molar-refractivity contribution in [2.24, 2.45) is 0 Å². The van der Waals surface area contributed by atoms with Crippen LogP contribution in [-0.4, -0.2) is 12.9 Å². The van der Waals surface area contributed by atoms with Crippen molar-refractivity contribution < 1.29 is 13.9 Å². The summed E-state index contributed by atoms with van der Waals surface area (Å²) in [6, 6.07) is 4.07. The third-order valence-electron chi connectivity index (χ3n) is 1.59. The van der Waals surface area contributed by atoms with Gasteiger partial charge >= 0.3 is 0 Å². The Kier molecular flexibility index (Phi) is 3.69. The fourth-order valence-electron chi connectivity index (χ4n) is 0.885. The maximum Gasteiger partial charge on any atom is 0.152 e. The van der Waals surface area contributed by atoms with Gasteiger partial charge < -0.3 is 4.74 Å². The molecule has 0 amide bonds. The van der Waals surface area contributed by atoms with E-state index in [2.05, 4.69) is 11.8 Å². The van der Waals surface area contributed by atoms with E-state index in [1.54, 1.807) is 6.92 Å². The van der Waals surface area contributed by atoms with Gasteiger partial charge in [-0.3, -0.25) is 4.79 Å². The lowest BCUT2D eigenvalue weighted by Gasteiger charge is -2.02. The Hall–Kier alpha value is -1.82. The van der Waals surface area contributed by atoms with Gasteiger partial charge in [-0.05, 0) is 19.1 Å². The number of hydrogen-bond donors (Lipinski definition) is 0. The minimum atomic E-state index is -0.582. The zero-order valence-corrected chi connectivity index (χ0v) is 7.71. The number of carbonyl (C=O) groups is 1. The van der Waals surface area contributed by atoms with Crippen molar-refractivity contribution in [2.45, 2.75) is 6.92 Å². The number of benzene rings is 1. The predicted molar refractivity (Wildman–Crippen MR) is 50.7 cm³/mol. The first-order chi connectivity index (χ1) is 6.77. The fourth-order valence-corrected chi connectivity index (χ4v) is 0.885. The van der Waals surface area contributed by atoms with Gasteiger partial charge in [0.25, 0.3) is 0 Å². The van der Waals surface area contributed by atoms with Crippen LogP contribution in [0.1, 0.15) is 17.3 Å². The largest absolute Gasteiger partial charge is 0.481 e. The number of hydrogen-bond acceptors (Lipinski definition) is 2. The van der Waals surface area contributed by atoms with Crippen LogP contribution >= 0.6 is 0 Å². The average Bonchev–Trinajstić information content (AvgIpc) is 2.18. The lowest BCUT2D eigenvalue weighted by Crippen LogP contribution is -1.95. The Morgan fingerprint density at radius 2 is 2.36 bits per heavy atom. The van der Waals surface area contributed by atoms with E-state index in [9.17, 15) is 9.18 Å². The summed E-state index contributed by atoms with van der Waals surface area (Å²) < 4.78 is 18.1. The average molecular weight is 192 g/mol. The van der Waals surface area contributed by atoms with E-state index in [-0.39, 0.29) is 12.2 Å². The SMILES string of the molecule is CC#CCOc1ccc(C=O)c(F)c1. The van der Waals surface area contributed by atoms with Gasteiger partial charge in [-0.15, -0.1) is 5.92 Å². The summed E-state index contributed by atoms with van der Waals surface area (Å²) in [4.78, 5) is 10.3. The molecule has 0 aliphatic rings. The van der Waals surface area contributed by atoms with E-state index in [1.807, 2.05) is 0 Å². The van der Waals surface area contributed by atoms with Crippen LogP contribution in [0, 0.1) is 17.7 Å². The number of rotatable bonds is 3. The molecule has 0 N–H and O–H groups in total. The van der Waals surface area contributed by atoms with Gasteiger partial charge in [0.2, 0.25) is 0 Å². The van der Waals surface area contributed by atoms with Crippen molar-refractivity contribution >= 4 is 6.29 Å². The summed E-state index contributed by atoms with van der Waals surface area (Å²) in [7, 11) is 0. The summed E-state index contributed by atoms with van der Waals surface area (Å²) in [6.07, 6.45) is 0.463. The Balaban J connectivity index is 2.74. The van der Waals surface area contributed by atoms with E-state index in [0.29, 0.717) is 12.0 Å². The third-order valence-corrected chi connectivity index (χ3v) is 1.59. The van der Waals surface area contributed by atoms with Gasteiger partial charge in [0.05, 0.1) is 5.56 Å². The van der Waals surface area contributed by atoms with Crippen LogP contribution in [0.4, 0.5) is 4.39 Å². The molecule has 0 saturated heterocycles. The highest BCUT2D eigenvalue weighted by atomic mass is 19.1. The van der Waals surface area contributed by atoms with Gasteiger partial charge in [0, 0.05) is 6.07 Å². The molecule has 0 spiro atoms. The minimum Gasteiger partial charge on any atom is -0.481 e. The molecule has 0 aliphatic heterocycles. The van der Waals surface area contributed by atoms with Crippen molar-refractivity contribution in [3.63, 3.8) is 0 Å². The van der Waals surface area contributed by atoms with Crippen LogP contribution in [0.3, 0.4) is 0 Å². The predicted octanol–water partition coefficient (Wildman–Crippen LogP) is 2.04. The van der Waals surface area contributed by atoms with Crippen molar-refractivity contribution in [3.8, 4) is 17.6 Å². The monoisotopic (exact) mass is 192 g/mol. The van der Waals surface area contributed by atoms with Gasteiger partial charge in [0.15, 0.2) is 6.29 Å². The topological polar surface area (TPSA) is 26.3 Å². The molecule has 0 fully saturated rings. The smallest absolute Gasteiger partial charge is 0.152 e. The molecule has 0 unspecified atom stereocenters. The molecule has 0 saturated carbocycles. The summed E-state index contributed by atoms with van der Waals surface area (Å²) in [5, 5.41) is 0. The van der Waals surface area contributed by atoms with Crippen LogP contribution in [0.15, 0.2) is 18.2 Å². The number of halogens is 1. The molecular formula is C11H9FO2. The molecule has 1 rings (SSSR count). The molecule has 0 bridgehead atoms. The van der Waals surface area contributed by atoms with Crippen molar-refractivity contribution in [1.82, 2.24) is 0 Å². The second kappa shape index (κ2) is 5.03. The van der Waals surface area contributed by atoms with Crippen molar-refractivity contribution in [3.05, 3.63) is 29.6 Å². The summed E-state index contributed by atoms with van der Waals surface area (Å²) >= 11 is 0. The lowest BCUT2D eigenvalue weighted by atomic mass is 10.2. The Morgan fingerprint density at radius 1 is 1.57 bits per heavy atom. The first-order valence-electron chi connectivity index (χ1n) is 4.05. The normalized spacial score (nSPS) is 8.71. The second-order valence-electron chi connectivity index (χ2n) is 2.52. The zero-order chi connectivity index (χ0) is 10.4. The fraction of sp³-hybridized carbons (Fsp3) is 0.182. The van der Waals surface area contributed by atoms with E-state index in [1.165, 1.54) is 18.2 Å². The molecular weight excluding hydrogens is 183 g/mol. The van der Waals surface area contributed by atoms with Crippen LogP contribution in [-0.2, 0) is 0 Å². The summed E-state index contributed by atoms with van der Waals surface area (Å²) in [5.74, 6) is 5.12. The number of ether oxygens (including phenoxy) is 1. The van der Waals surface area contributed by atoms with E-state index >= 15 is 0 Å². The third kappa shape index (κ3) is 2.60. The highest BCUT2D eigenvalue weighted by Gasteiger charge is 2.02. The molecule has 3 heteroatoms. The maximum atomic E-state index is 13.0. The molecule has 1 aromatic rings. The second-order valence-corrected chi connectivity index (χ2v) is 2.52. The van der Waals surface area contributed by atoms with E-state index in [0.717, 1.165) is 0 Å². The lowest BCUT2D eigenvalue weighted by molar-refractivity contribution is 0.112. The highest BCUT2D eigenvalue weighted by Crippen LogP contribution is 2.14.